The molecule has 2 aliphatic heterocycles. The number of nitrogens with one attached hydrogen (secondary N) is 1. The third-order valence-electron chi connectivity index (χ3n) is 5.18. The van der Waals surface area contributed by atoms with Crippen molar-refractivity contribution in [3.63, 3.8) is 0 Å². The highest BCUT2D eigenvalue weighted by molar-refractivity contribution is 6.42. The summed E-state index contributed by atoms with van der Waals surface area (Å²) in [5.41, 5.74) is 0.605. The molecule has 1 atom stereocenters. The van der Waals surface area contributed by atoms with E-state index in [9.17, 15) is 10.2 Å². The fourth-order valence-corrected chi connectivity index (χ4v) is 3.78. The maximum absolute atomic E-state index is 9.91. The molecule has 144 valence electrons. The molecule has 3 rings (SSSR count). The van der Waals surface area contributed by atoms with Gasteiger partial charge >= 0.3 is 0 Å². The summed E-state index contributed by atoms with van der Waals surface area (Å²) < 4.78 is 0. The van der Waals surface area contributed by atoms with Crippen LogP contribution in [-0.4, -0.2) is 89.5 Å². The van der Waals surface area contributed by atoms with Gasteiger partial charge in [-0.15, -0.1) is 0 Å². The maximum Gasteiger partial charge on any atom is 0.140 e. The summed E-state index contributed by atoms with van der Waals surface area (Å²) in [7, 11) is 0. The molecule has 2 fully saturated rings. The van der Waals surface area contributed by atoms with E-state index in [2.05, 4.69) is 21.7 Å². The van der Waals surface area contributed by atoms with E-state index in [-0.39, 0.29) is 5.75 Å². The number of nitrogens with zero attached hydrogens (tertiary/aromatic N) is 3. The topological polar surface area (TPSA) is 62.2 Å². The summed E-state index contributed by atoms with van der Waals surface area (Å²) >= 11 is 11.9. The van der Waals surface area contributed by atoms with Crippen molar-refractivity contribution in [1.29, 1.82) is 0 Å². The Morgan fingerprint density at radius 1 is 1.19 bits per heavy atom. The summed E-state index contributed by atoms with van der Waals surface area (Å²) in [6.07, 6.45) is 1.06. The van der Waals surface area contributed by atoms with Crippen LogP contribution in [-0.2, 0) is 0 Å². The average molecular weight is 401 g/mol. The lowest BCUT2D eigenvalue weighted by atomic mass is 10.1. The Bertz CT molecular complexity index is 632. The van der Waals surface area contributed by atoms with Gasteiger partial charge in [-0.25, -0.2) is 0 Å². The van der Waals surface area contributed by atoms with Crippen molar-refractivity contribution in [1.82, 2.24) is 14.7 Å². The first-order valence-electron chi connectivity index (χ1n) is 8.91. The quantitative estimate of drug-likeness (QED) is 0.480. The predicted octanol–water partition coefficient (Wildman–Crippen LogP) is 1.92. The lowest BCUT2D eigenvalue weighted by Crippen LogP contribution is -2.64. The Labute approximate surface area is 164 Å². The zero-order chi connectivity index (χ0) is 18.7. The van der Waals surface area contributed by atoms with Gasteiger partial charge in [-0.05, 0) is 12.1 Å². The SMILES string of the molecule is C=CC(O)N1CC(N2CCN(CCNc3cc(Cl)c(Cl)cc3O)CC2)C1. The van der Waals surface area contributed by atoms with E-state index in [1.165, 1.54) is 6.07 Å². The first kappa shape index (κ1) is 19.7. The predicted molar refractivity (Wildman–Crippen MR) is 106 cm³/mol. The number of hydrogen-bond acceptors (Lipinski definition) is 6. The summed E-state index contributed by atoms with van der Waals surface area (Å²) in [4.78, 5) is 6.94. The molecular formula is C18H26Cl2N4O2. The minimum Gasteiger partial charge on any atom is -0.506 e. The largest absolute Gasteiger partial charge is 0.506 e. The molecule has 2 aliphatic rings. The number of anilines is 1. The highest BCUT2D eigenvalue weighted by Crippen LogP contribution is 2.33. The summed E-state index contributed by atoms with van der Waals surface area (Å²) in [5.74, 6) is 0.112. The molecule has 2 saturated heterocycles. The van der Waals surface area contributed by atoms with Gasteiger partial charge in [0.15, 0.2) is 0 Å². The van der Waals surface area contributed by atoms with Crippen molar-refractivity contribution in [2.45, 2.75) is 12.3 Å². The molecule has 26 heavy (non-hydrogen) atoms. The molecule has 0 amide bonds. The van der Waals surface area contributed by atoms with Gasteiger partial charge in [0.25, 0.3) is 0 Å². The molecule has 0 spiro atoms. The van der Waals surface area contributed by atoms with Gasteiger partial charge in [-0.3, -0.25) is 14.7 Å². The van der Waals surface area contributed by atoms with Crippen molar-refractivity contribution < 1.29 is 10.2 Å². The smallest absolute Gasteiger partial charge is 0.140 e. The van der Waals surface area contributed by atoms with Crippen LogP contribution >= 0.6 is 23.2 Å². The normalized spacial score (nSPS) is 21.3. The molecule has 3 N–H and O–H groups in total. The van der Waals surface area contributed by atoms with E-state index in [4.69, 9.17) is 23.2 Å². The van der Waals surface area contributed by atoms with Crippen LogP contribution in [0.1, 0.15) is 0 Å². The van der Waals surface area contributed by atoms with Gasteiger partial charge in [0.2, 0.25) is 0 Å². The second-order valence-corrected chi connectivity index (χ2v) is 7.66. The second kappa shape index (κ2) is 8.78. The van der Waals surface area contributed by atoms with Crippen molar-refractivity contribution >= 4 is 28.9 Å². The van der Waals surface area contributed by atoms with Gasteiger partial charge in [-0.2, -0.15) is 0 Å². The third-order valence-corrected chi connectivity index (χ3v) is 5.90. The number of phenolic OH excluding ortho intramolecular Hbond substituents is 1. The first-order chi connectivity index (χ1) is 12.5. The van der Waals surface area contributed by atoms with Gasteiger partial charge < -0.3 is 15.5 Å². The number of benzene rings is 1. The van der Waals surface area contributed by atoms with Crippen LogP contribution in [0.15, 0.2) is 24.8 Å². The Morgan fingerprint density at radius 2 is 1.85 bits per heavy atom. The van der Waals surface area contributed by atoms with Gasteiger partial charge in [0.1, 0.15) is 12.0 Å². The fourth-order valence-electron chi connectivity index (χ4n) is 3.46. The molecule has 1 unspecified atom stereocenters. The number of likely N-dealkylation sites (tertiary alicyclic amines) is 1. The zero-order valence-corrected chi connectivity index (χ0v) is 16.3. The van der Waals surface area contributed by atoms with Gasteiger partial charge in [-0.1, -0.05) is 29.8 Å². The summed E-state index contributed by atoms with van der Waals surface area (Å²) in [6, 6.07) is 3.64. The van der Waals surface area contributed by atoms with Crippen LogP contribution in [0, 0.1) is 0 Å². The molecule has 1 aromatic carbocycles. The van der Waals surface area contributed by atoms with E-state index in [1.807, 2.05) is 4.90 Å². The minimum atomic E-state index is -0.517. The lowest BCUT2D eigenvalue weighted by Gasteiger charge is -2.49. The van der Waals surface area contributed by atoms with Crippen molar-refractivity contribution in [2.75, 3.05) is 57.7 Å². The number of aliphatic hydroxyl groups excluding tert-OH is 1. The van der Waals surface area contributed by atoms with Crippen LogP contribution in [0.3, 0.4) is 0 Å². The van der Waals surface area contributed by atoms with Crippen molar-refractivity contribution in [3.05, 3.63) is 34.8 Å². The van der Waals surface area contributed by atoms with E-state index in [1.54, 1.807) is 12.1 Å². The molecule has 0 radical (unpaired) electrons. The van der Waals surface area contributed by atoms with E-state index in [0.717, 1.165) is 52.4 Å². The first-order valence-corrected chi connectivity index (χ1v) is 9.66. The number of phenols is 1. The Hall–Kier alpha value is -1.02. The van der Waals surface area contributed by atoms with Crippen LogP contribution in [0.5, 0.6) is 5.75 Å². The molecule has 2 heterocycles. The Morgan fingerprint density at radius 3 is 2.50 bits per heavy atom. The zero-order valence-electron chi connectivity index (χ0n) is 14.7. The minimum absolute atomic E-state index is 0.112. The molecule has 8 heteroatoms. The molecule has 0 saturated carbocycles. The molecule has 0 bridgehead atoms. The van der Waals surface area contributed by atoms with Crippen LogP contribution in [0.25, 0.3) is 0 Å². The number of halogens is 2. The number of aromatic hydroxyl groups is 1. The second-order valence-electron chi connectivity index (χ2n) is 6.84. The highest BCUT2D eigenvalue weighted by atomic mass is 35.5. The third kappa shape index (κ3) is 4.63. The molecule has 0 aromatic heterocycles. The van der Waals surface area contributed by atoms with E-state index < -0.39 is 6.23 Å². The van der Waals surface area contributed by atoms with Crippen LogP contribution in [0.4, 0.5) is 5.69 Å². The monoisotopic (exact) mass is 400 g/mol. The van der Waals surface area contributed by atoms with E-state index in [0.29, 0.717) is 21.8 Å². The molecule has 1 aromatic rings. The number of hydrogen-bond donors (Lipinski definition) is 3. The van der Waals surface area contributed by atoms with Gasteiger partial charge in [0.05, 0.1) is 15.7 Å². The summed E-state index contributed by atoms with van der Waals surface area (Å²) in [6.45, 7) is 11.2. The molecular weight excluding hydrogens is 375 g/mol. The Balaban J connectivity index is 1.36. The number of piperazine rings is 1. The van der Waals surface area contributed by atoms with Crippen LogP contribution in [0.2, 0.25) is 10.0 Å². The molecule has 6 nitrogen and oxygen atoms in total. The summed E-state index contributed by atoms with van der Waals surface area (Å²) in [5, 5.41) is 23.6. The maximum atomic E-state index is 9.91. The fraction of sp³-hybridized carbons (Fsp3) is 0.556. The lowest BCUT2D eigenvalue weighted by molar-refractivity contribution is -0.0656. The van der Waals surface area contributed by atoms with Gasteiger partial charge in [0, 0.05) is 64.5 Å². The number of rotatable bonds is 7. The van der Waals surface area contributed by atoms with Crippen molar-refractivity contribution in [2.24, 2.45) is 0 Å². The van der Waals surface area contributed by atoms with Crippen LogP contribution < -0.4 is 5.32 Å². The highest BCUT2D eigenvalue weighted by Gasteiger charge is 2.35. The average Bonchev–Trinajstić information content (AvgIpc) is 2.59. The van der Waals surface area contributed by atoms with E-state index >= 15 is 0 Å². The Kier molecular flexibility index (Phi) is 6.66. The standard InChI is InChI=1S/C18H26Cl2N4O2/c1-2-18(26)24-11-13(12-24)23-7-5-22(6-8-23)4-3-21-16-9-14(19)15(20)10-17(16)25/h2,9-10,13,18,21,25-26H,1,3-8,11-12H2. The number of aliphatic hydroxyl groups is 1. The molecule has 0 aliphatic carbocycles. The van der Waals surface area contributed by atoms with Crippen molar-refractivity contribution in [3.8, 4) is 5.75 Å².